The number of carbonyl (C=O) groups is 1. The van der Waals surface area contributed by atoms with Crippen molar-refractivity contribution in [2.75, 3.05) is 6.54 Å². The molecule has 104 valence electrons. The summed E-state index contributed by atoms with van der Waals surface area (Å²) in [6.07, 6.45) is 0.862. The Morgan fingerprint density at radius 3 is 2.79 bits per heavy atom. The van der Waals surface area contributed by atoms with Crippen LogP contribution in [0.4, 0.5) is 0 Å². The lowest BCUT2D eigenvalue weighted by Gasteiger charge is -2.21. The summed E-state index contributed by atoms with van der Waals surface area (Å²) in [5.74, 6) is -1.13. The average Bonchev–Trinajstić information content (AvgIpc) is 2.82. The Hall–Kier alpha value is -0.630. The lowest BCUT2D eigenvalue weighted by molar-refractivity contribution is -0.140. The maximum Gasteiger partial charge on any atom is 0.322 e. The molecular weight excluding hydrogens is 358 g/mol. The third kappa shape index (κ3) is 2.65. The van der Waals surface area contributed by atoms with Gasteiger partial charge in [-0.2, -0.15) is 4.31 Å². The molecule has 0 aliphatic carbocycles. The molecule has 0 aromatic heterocycles. The van der Waals surface area contributed by atoms with Crippen molar-refractivity contribution in [3.63, 3.8) is 0 Å². The molecule has 1 unspecified atom stereocenters. The van der Waals surface area contributed by atoms with Crippen LogP contribution in [-0.2, 0) is 14.8 Å². The van der Waals surface area contributed by atoms with Crippen molar-refractivity contribution in [2.45, 2.75) is 23.8 Å². The molecule has 1 aromatic carbocycles. The first kappa shape index (κ1) is 14.8. The highest BCUT2D eigenvalue weighted by Gasteiger charge is 2.40. The van der Waals surface area contributed by atoms with Crippen molar-refractivity contribution in [3.8, 4) is 0 Å². The summed E-state index contributed by atoms with van der Waals surface area (Å²) in [6.45, 7) is 0.207. The molecule has 0 saturated carbocycles. The highest BCUT2D eigenvalue weighted by atomic mass is 79.9. The number of carboxylic acid groups (broad SMARTS) is 1. The molecule has 1 N–H and O–H groups in total. The fourth-order valence-corrected chi connectivity index (χ4v) is 4.93. The second-order valence-electron chi connectivity index (χ2n) is 4.16. The number of hydrogen-bond donors (Lipinski definition) is 1. The summed E-state index contributed by atoms with van der Waals surface area (Å²) in [5, 5.41) is 9.34. The van der Waals surface area contributed by atoms with E-state index in [1.165, 1.54) is 12.1 Å². The van der Waals surface area contributed by atoms with Gasteiger partial charge in [0.1, 0.15) is 6.04 Å². The van der Waals surface area contributed by atoms with Crippen LogP contribution < -0.4 is 0 Å². The molecule has 0 amide bonds. The summed E-state index contributed by atoms with van der Waals surface area (Å²) in [7, 11) is -3.86. The Bertz CT molecular complexity index is 619. The predicted molar refractivity (Wildman–Crippen MR) is 73.7 cm³/mol. The molecule has 1 heterocycles. The van der Waals surface area contributed by atoms with Gasteiger partial charge in [0.15, 0.2) is 0 Å². The molecular formula is C11H11BrClNO4S. The van der Waals surface area contributed by atoms with E-state index < -0.39 is 22.0 Å². The van der Waals surface area contributed by atoms with Gasteiger partial charge in [-0.15, -0.1) is 0 Å². The zero-order valence-electron chi connectivity index (χ0n) is 9.71. The predicted octanol–water partition coefficient (Wildman–Crippen LogP) is 2.34. The van der Waals surface area contributed by atoms with E-state index in [2.05, 4.69) is 15.9 Å². The Labute approximate surface area is 124 Å². The van der Waals surface area contributed by atoms with Gasteiger partial charge in [-0.1, -0.05) is 17.7 Å². The van der Waals surface area contributed by atoms with Gasteiger partial charge in [0.05, 0.1) is 14.4 Å². The molecule has 1 saturated heterocycles. The Kier molecular flexibility index (Phi) is 4.20. The van der Waals surface area contributed by atoms with Crippen LogP contribution in [-0.4, -0.2) is 36.4 Å². The minimum Gasteiger partial charge on any atom is -0.480 e. The van der Waals surface area contributed by atoms with E-state index in [1.807, 2.05) is 0 Å². The Morgan fingerprint density at radius 2 is 2.16 bits per heavy atom. The van der Waals surface area contributed by atoms with Crippen molar-refractivity contribution < 1.29 is 18.3 Å². The van der Waals surface area contributed by atoms with Crippen LogP contribution in [0.5, 0.6) is 0 Å². The van der Waals surface area contributed by atoms with Crippen LogP contribution in [0.2, 0.25) is 5.02 Å². The first-order valence-electron chi connectivity index (χ1n) is 5.54. The second kappa shape index (κ2) is 5.40. The van der Waals surface area contributed by atoms with Gasteiger partial charge in [-0.25, -0.2) is 8.42 Å². The van der Waals surface area contributed by atoms with Crippen LogP contribution in [0.25, 0.3) is 0 Å². The van der Waals surface area contributed by atoms with Crippen molar-refractivity contribution in [1.29, 1.82) is 0 Å². The van der Waals surface area contributed by atoms with E-state index >= 15 is 0 Å². The van der Waals surface area contributed by atoms with Gasteiger partial charge >= 0.3 is 5.97 Å². The quantitative estimate of drug-likeness (QED) is 0.888. The van der Waals surface area contributed by atoms with Crippen LogP contribution in [0.3, 0.4) is 0 Å². The van der Waals surface area contributed by atoms with Crippen molar-refractivity contribution in [1.82, 2.24) is 4.31 Å². The molecule has 0 spiro atoms. The number of aliphatic carboxylic acids is 1. The number of carboxylic acids is 1. The number of rotatable bonds is 3. The number of hydrogen-bond acceptors (Lipinski definition) is 3. The molecule has 5 nitrogen and oxygen atoms in total. The minimum atomic E-state index is -3.86. The number of benzene rings is 1. The smallest absolute Gasteiger partial charge is 0.322 e. The lowest BCUT2D eigenvalue weighted by Crippen LogP contribution is -2.40. The van der Waals surface area contributed by atoms with E-state index in [1.54, 1.807) is 6.07 Å². The molecule has 0 radical (unpaired) electrons. The zero-order valence-corrected chi connectivity index (χ0v) is 12.9. The third-order valence-corrected chi connectivity index (χ3v) is 6.60. The van der Waals surface area contributed by atoms with Gasteiger partial charge in [-0.05, 0) is 40.9 Å². The Balaban J connectivity index is 2.48. The third-order valence-electron chi connectivity index (χ3n) is 2.99. The van der Waals surface area contributed by atoms with Crippen molar-refractivity contribution >= 4 is 43.5 Å². The minimum absolute atomic E-state index is 0.00634. The summed E-state index contributed by atoms with van der Waals surface area (Å²) in [4.78, 5) is 11.1. The van der Waals surface area contributed by atoms with E-state index in [4.69, 9.17) is 16.7 Å². The Morgan fingerprint density at radius 1 is 1.47 bits per heavy atom. The number of sulfonamides is 1. The van der Waals surface area contributed by atoms with Crippen LogP contribution >= 0.6 is 27.5 Å². The fraction of sp³-hybridized carbons (Fsp3) is 0.364. The van der Waals surface area contributed by atoms with Crippen molar-refractivity contribution in [2.24, 2.45) is 0 Å². The molecule has 19 heavy (non-hydrogen) atoms. The molecule has 8 heteroatoms. The fourth-order valence-electron chi connectivity index (χ4n) is 2.08. The first-order valence-corrected chi connectivity index (χ1v) is 8.15. The highest BCUT2D eigenvalue weighted by Crippen LogP contribution is 2.34. The molecule has 1 fully saturated rings. The van der Waals surface area contributed by atoms with E-state index in [0.717, 1.165) is 4.31 Å². The summed E-state index contributed by atoms with van der Waals surface area (Å²) in [5.41, 5.74) is 0. The van der Waals surface area contributed by atoms with Crippen LogP contribution in [0.15, 0.2) is 27.6 Å². The van der Waals surface area contributed by atoms with Gasteiger partial charge in [0, 0.05) is 6.54 Å². The maximum absolute atomic E-state index is 12.5. The van der Waals surface area contributed by atoms with Gasteiger partial charge < -0.3 is 5.11 Å². The topological polar surface area (TPSA) is 74.7 Å². The van der Waals surface area contributed by atoms with Gasteiger partial charge in [-0.3, -0.25) is 4.79 Å². The summed E-state index contributed by atoms with van der Waals surface area (Å²) in [6, 6.07) is 3.48. The monoisotopic (exact) mass is 367 g/mol. The zero-order chi connectivity index (χ0) is 14.2. The molecule has 1 aliphatic heterocycles. The number of halogens is 2. The summed E-state index contributed by atoms with van der Waals surface area (Å²) >= 11 is 9.01. The maximum atomic E-state index is 12.5. The second-order valence-corrected chi connectivity index (χ2v) is 7.22. The number of nitrogens with zero attached hydrogens (tertiary/aromatic N) is 1. The standard InChI is InChI=1S/C11H11BrClNO4S/c12-10-7(13)3-1-5-9(10)19(17,18)14-6-2-4-8(14)11(15)16/h1,3,5,8H,2,4,6H2,(H,15,16). The van der Waals surface area contributed by atoms with E-state index in [0.29, 0.717) is 12.8 Å². The summed E-state index contributed by atoms with van der Waals surface area (Å²) < 4.78 is 26.3. The van der Waals surface area contributed by atoms with Crippen LogP contribution in [0, 0.1) is 0 Å². The van der Waals surface area contributed by atoms with Gasteiger partial charge in [0.25, 0.3) is 0 Å². The first-order chi connectivity index (χ1) is 8.85. The van der Waals surface area contributed by atoms with Crippen LogP contribution in [0.1, 0.15) is 12.8 Å². The van der Waals surface area contributed by atoms with Gasteiger partial charge in [0.2, 0.25) is 10.0 Å². The molecule has 1 aliphatic rings. The molecule has 0 bridgehead atoms. The molecule has 1 aromatic rings. The van der Waals surface area contributed by atoms with E-state index in [-0.39, 0.29) is 20.9 Å². The molecule has 1 atom stereocenters. The lowest BCUT2D eigenvalue weighted by atomic mass is 10.2. The van der Waals surface area contributed by atoms with Crippen molar-refractivity contribution in [3.05, 3.63) is 27.7 Å². The molecule has 2 rings (SSSR count). The van der Waals surface area contributed by atoms with E-state index in [9.17, 15) is 13.2 Å². The average molecular weight is 369 g/mol. The normalized spacial score (nSPS) is 20.6. The SMILES string of the molecule is O=C(O)C1CCCN1S(=O)(=O)c1cccc(Cl)c1Br. The highest BCUT2D eigenvalue weighted by molar-refractivity contribution is 9.10. The largest absolute Gasteiger partial charge is 0.480 e.